The fraction of sp³-hybridized carbons (Fsp3) is 0.182. The van der Waals surface area contributed by atoms with E-state index in [1.807, 2.05) is 43.3 Å². The molecule has 154 valence electrons. The fourth-order valence-corrected chi connectivity index (χ4v) is 2.87. The van der Waals surface area contributed by atoms with E-state index >= 15 is 0 Å². The van der Waals surface area contributed by atoms with Gasteiger partial charge in [-0.05, 0) is 11.6 Å². The zero-order chi connectivity index (χ0) is 21.5. The van der Waals surface area contributed by atoms with Crippen LogP contribution in [0.15, 0.2) is 70.2 Å². The number of nitrogens with two attached hydrogens (primary N) is 1. The fourth-order valence-electron chi connectivity index (χ4n) is 2.87. The van der Waals surface area contributed by atoms with Crippen molar-refractivity contribution < 1.29 is 19.2 Å². The summed E-state index contributed by atoms with van der Waals surface area (Å²) in [6.45, 7) is 2.02. The van der Waals surface area contributed by atoms with Crippen LogP contribution in [0.2, 0.25) is 0 Å². The van der Waals surface area contributed by atoms with Gasteiger partial charge in [0, 0.05) is 23.1 Å². The highest BCUT2D eigenvalue weighted by Crippen LogP contribution is 2.26. The van der Waals surface area contributed by atoms with Gasteiger partial charge in [-0.1, -0.05) is 60.6 Å². The highest BCUT2D eigenvalue weighted by molar-refractivity contribution is 6.09. The van der Waals surface area contributed by atoms with E-state index in [-0.39, 0.29) is 30.6 Å². The number of carbonyl (C=O) groups is 2. The van der Waals surface area contributed by atoms with Crippen molar-refractivity contribution in [1.82, 2.24) is 5.16 Å². The monoisotopic (exact) mass is 406 g/mol. The summed E-state index contributed by atoms with van der Waals surface area (Å²) >= 11 is 0. The number of aromatic nitrogens is 1. The van der Waals surface area contributed by atoms with Gasteiger partial charge in [0.1, 0.15) is 0 Å². The summed E-state index contributed by atoms with van der Waals surface area (Å²) in [6, 6.07) is 18.2. The molecule has 0 aliphatic heterocycles. The number of aliphatic carboxylic acids is 1. The van der Waals surface area contributed by atoms with Crippen LogP contribution in [0.3, 0.4) is 0 Å². The second-order valence-electron chi connectivity index (χ2n) is 6.69. The number of carbonyl (C=O) groups excluding carboxylic acids is 1. The Bertz CT molecular complexity index is 1060. The first-order valence-electron chi connectivity index (χ1n) is 9.39. The van der Waals surface area contributed by atoms with Crippen molar-refractivity contribution in [3.63, 3.8) is 0 Å². The van der Waals surface area contributed by atoms with Crippen molar-refractivity contribution >= 4 is 23.6 Å². The Hall–Kier alpha value is -3.94. The molecule has 1 unspecified atom stereocenters. The number of nitrogens with one attached hydrogen (secondary N) is 1. The van der Waals surface area contributed by atoms with E-state index in [0.717, 1.165) is 5.56 Å². The smallest absolute Gasteiger partial charge is 0.305 e. The zero-order valence-electron chi connectivity index (χ0n) is 16.4. The topological polar surface area (TPSA) is 131 Å². The molecule has 8 nitrogen and oxygen atoms in total. The number of hydrogen-bond acceptors (Lipinski definition) is 5. The Balaban J connectivity index is 1.71. The van der Waals surface area contributed by atoms with Crippen molar-refractivity contribution in [2.24, 2.45) is 10.7 Å². The average Bonchev–Trinajstić information content (AvgIpc) is 3.21. The van der Waals surface area contributed by atoms with Crippen LogP contribution < -0.4 is 11.1 Å². The minimum absolute atomic E-state index is 0.0436. The number of ketones is 1. The van der Waals surface area contributed by atoms with Crippen molar-refractivity contribution in [2.45, 2.75) is 19.3 Å². The molecular formula is C22H22N4O4. The molecule has 0 aliphatic rings. The van der Waals surface area contributed by atoms with E-state index in [0.29, 0.717) is 22.7 Å². The normalized spacial score (nSPS) is 12.4. The number of hydrogen-bond donors (Lipinski definition) is 3. The molecule has 1 heterocycles. The van der Waals surface area contributed by atoms with Gasteiger partial charge in [0.2, 0.25) is 5.88 Å². The van der Waals surface area contributed by atoms with Gasteiger partial charge in [0.15, 0.2) is 11.7 Å². The average molecular weight is 406 g/mol. The number of nitrogens with zero attached hydrogens (tertiary/aromatic N) is 2. The minimum Gasteiger partial charge on any atom is -0.481 e. The summed E-state index contributed by atoms with van der Waals surface area (Å²) in [4.78, 5) is 27.1. The molecular weight excluding hydrogens is 384 g/mol. The molecule has 0 spiro atoms. The van der Waals surface area contributed by atoms with Crippen LogP contribution >= 0.6 is 0 Å². The summed E-state index contributed by atoms with van der Waals surface area (Å²) in [7, 11) is 0. The van der Waals surface area contributed by atoms with Crippen LogP contribution in [0, 0.1) is 0 Å². The van der Waals surface area contributed by atoms with Crippen molar-refractivity contribution in [3.05, 3.63) is 83.0 Å². The van der Waals surface area contributed by atoms with Crippen LogP contribution in [-0.4, -0.2) is 34.5 Å². The molecule has 1 aromatic heterocycles. The lowest BCUT2D eigenvalue weighted by Gasteiger charge is -2.10. The summed E-state index contributed by atoms with van der Waals surface area (Å²) in [5.41, 5.74) is 8.52. The number of carboxylic acid groups (broad SMARTS) is 1. The Labute approximate surface area is 173 Å². The van der Waals surface area contributed by atoms with Gasteiger partial charge in [0.25, 0.3) is 0 Å². The van der Waals surface area contributed by atoms with Crippen molar-refractivity contribution in [3.8, 4) is 0 Å². The van der Waals surface area contributed by atoms with Gasteiger partial charge in [-0.2, -0.15) is 0 Å². The maximum absolute atomic E-state index is 12.7. The van der Waals surface area contributed by atoms with Gasteiger partial charge in [0.05, 0.1) is 18.7 Å². The Kier molecular flexibility index (Phi) is 6.59. The molecule has 0 radical (unpaired) electrons. The lowest BCUT2D eigenvalue weighted by Crippen LogP contribution is -2.22. The van der Waals surface area contributed by atoms with Gasteiger partial charge >= 0.3 is 5.97 Å². The van der Waals surface area contributed by atoms with Gasteiger partial charge in [-0.3, -0.25) is 19.9 Å². The van der Waals surface area contributed by atoms with Gasteiger partial charge < -0.3 is 15.4 Å². The molecule has 8 heteroatoms. The third-order valence-electron chi connectivity index (χ3n) is 4.52. The third-order valence-corrected chi connectivity index (χ3v) is 4.52. The van der Waals surface area contributed by atoms with E-state index in [4.69, 9.17) is 15.4 Å². The first-order valence-corrected chi connectivity index (χ1v) is 9.39. The Morgan fingerprint density at radius 1 is 1.13 bits per heavy atom. The van der Waals surface area contributed by atoms with Crippen LogP contribution in [0.1, 0.15) is 46.4 Å². The molecule has 30 heavy (non-hydrogen) atoms. The summed E-state index contributed by atoms with van der Waals surface area (Å²) in [5.74, 6) is -0.780. The maximum atomic E-state index is 12.7. The lowest BCUT2D eigenvalue weighted by molar-refractivity contribution is -0.136. The van der Waals surface area contributed by atoms with Crippen LogP contribution in [0.4, 0.5) is 5.88 Å². The molecule has 0 saturated carbocycles. The zero-order valence-corrected chi connectivity index (χ0v) is 16.4. The molecule has 0 amide bonds. The van der Waals surface area contributed by atoms with E-state index in [2.05, 4.69) is 15.5 Å². The number of rotatable bonds is 8. The predicted molar refractivity (Wildman–Crippen MR) is 113 cm³/mol. The second-order valence-corrected chi connectivity index (χ2v) is 6.69. The van der Waals surface area contributed by atoms with Gasteiger partial charge in [-0.25, -0.2) is 0 Å². The number of carboxylic acids is 1. The molecule has 1 atom stereocenters. The highest BCUT2D eigenvalue weighted by atomic mass is 16.5. The molecule has 0 bridgehead atoms. The Morgan fingerprint density at radius 3 is 2.60 bits per heavy atom. The number of aliphatic imine (C=N–C) groups is 1. The minimum atomic E-state index is -0.949. The first-order chi connectivity index (χ1) is 14.4. The van der Waals surface area contributed by atoms with Crippen LogP contribution in [0.5, 0.6) is 0 Å². The standard InChI is InChI=1S/C22H22N4O4/c1-14(18-13-19(30-26-18)25-22(23)24-11-10-20(27)28)16-8-5-9-17(12-16)21(29)15-6-3-2-4-7-15/h2-9,12-14H,10-11H2,1H3,(H,27,28)(H3,23,24,25). The third kappa shape index (κ3) is 5.32. The highest BCUT2D eigenvalue weighted by Gasteiger charge is 2.17. The summed E-state index contributed by atoms with van der Waals surface area (Å²) in [5, 5.41) is 15.4. The molecule has 0 saturated heterocycles. The molecule has 0 aliphatic carbocycles. The summed E-state index contributed by atoms with van der Waals surface area (Å²) < 4.78 is 5.25. The van der Waals surface area contributed by atoms with E-state index in [1.165, 1.54) is 0 Å². The molecule has 3 rings (SSSR count). The SMILES string of the molecule is CC(c1cccc(C(=O)c2ccccc2)c1)c1cc(NC(N)=NCCC(=O)O)on1. The van der Waals surface area contributed by atoms with E-state index in [9.17, 15) is 9.59 Å². The predicted octanol–water partition coefficient (Wildman–Crippen LogP) is 3.26. The first kappa shape index (κ1) is 20.8. The quantitative estimate of drug-likeness (QED) is 0.297. The van der Waals surface area contributed by atoms with Crippen LogP contribution in [0.25, 0.3) is 0 Å². The lowest BCUT2D eigenvalue weighted by atomic mass is 9.94. The molecule has 4 N–H and O–H groups in total. The molecule has 3 aromatic rings. The van der Waals surface area contributed by atoms with Crippen LogP contribution in [-0.2, 0) is 4.79 Å². The Morgan fingerprint density at radius 2 is 1.87 bits per heavy atom. The number of anilines is 1. The van der Waals surface area contributed by atoms with Gasteiger partial charge in [-0.15, -0.1) is 0 Å². The van der Waals surface area contributed by atoms with Crippen molar-refractivity contribution in [2.75, 3.05) is 11.9 Å². The van der Waals surface area contributed by atoms with Crippen molar-refractivity contribution in [1.29, 1.82) is 0 Å². The number of guanidine groups is 1. The largest absolute Gasteiger partial charge is 0.481 e. The molecule has 0 fully saturated rings. The number of benzene rings is 2. The van der Waals surface area contributed by atoms with E-state index in [1.54, 1.807) is 24.3 Å². The second kappa shape index (κ2) is 9.51. The van der Waals surface area contributed by atoms with E-state index < -0.39 is 5.97 Å². The molecule has 2 aromatic carbocycles. The summed E-state index contributed by atoms with van der Waals surface area (Å²) in [6.07, 6.45) is -0.112. The maximum Gasteiger partial charge on any atom is 0.305 e.